The van der Waals surface area contributed by atoms with E-state index in [0.717, 1.165) is 36.9 Å². The van der Waals surface area contributed by atoms with E-state index < -0.39 is 5.54 Å². The monoisotopic (exact) mass is 342 g/mol. The number of aromatic nitrogens is 1. The molecule has 0 spiro atoms. The molecule has 1 aliphatic rings. The predicted molar refractivity (Wildman–Crippen MR) is 93.3 cm³/mol. The van der Waals surface area contributed by atoms with E-state index in [0.29, 0.717) is 23.4 Å². The van der Waals surface area contributed by atoms with Gasteiger partial charge in [0.1, 0.15) is 16.6 Å². The fraction of sp³-hybridized carbons (Fsp3) is 0.556. The number of thioether (sulfide) groups is 1. The van der Waals surface area contributed by atoms with E-state index >= 15 is 0 Å². The standard InChI is InChI=1S/C18H22N4OS/c1-13-9-14(2)21-17(15(13)10-19)24-11-16(23)22-18(12-20)7-5-3-4-6-8-18/h9H,3-8,11H2,1-2H3,(H,22,23). The Morgan fingerprint density at radius 3 is 2.54 bits per heavy atom. The van der Waals surface area contributed by atoms with Crippen molar-refractivity contribution in [1.29, 1.82) is 10.5 Å². The Hall–Kier alpha value is -2.05. The first-order valence-corrected chi connectivity index (χ1v) is 9.21. The van der Waals surface area contributed by atoms with Gasteiger partial charge in [-0.25, -0.2) is 4.98 Å². The third-order valence-corrected chi connectivity index (χ3v) is 5.29. The van der Waals surface area contributed by atoms with Crippen LogP contribution in [0.3, 0.4) is 0 Å². The summed E-state index contributed by atoms with van der Waals surface area (Å²) in [6, 6.07) is 6.33. The molecule has 1 aromatic rings. The first-order valence-electron chi connectivity index (χ1n) is 8.23. The molecule has 24 heavy (non-hydrogen) atoms. The van der Waals surface area contributed by atoms with E-state index in [2.05, 4.69) is 22.4 Å². The van der Waals surface area contributed by atoms with E-state index in [-0.39, 0.29) is 11.7 Å². The second-order valence-electron chi connectivity index (χ2n) is 6.32. The number of pyridine rings is 1. The average molecular weight is 342 g/mol. The number of nitriles is 2. The lowest BCUT2D eigenvalue weighted by molar-refractivity contribution is -0.120. The van der Waals surface area contributed by atoms with Crippen molar-refractivity contribution < 1.29 is 4.79 Å². The molecule has 1 aliphatic carbocycles. The molecule has 0 aliphatic heterocycles. The van der Waals surface area contributed by atoms with Crippen molar-refractivity contribution >= 4 is 17.7 Å². The minimum Gasteiger partial charge on any atom is -0.337 e. The van der Waals surface area contributed by atoms with E-state index in [1.807, 2.05) is 19.9 Å². The topological polar surface area (TPSA) is 89.6 Å². The van der Waals surface area contributed by atoms with Crippen LogP contribution in [-0.2, 0) is 4.79 Å². The van der Waals surface area contributed by atoms with Crippen LogP contribution >= 0.6 is 11.8 Å². The molecule has 0 bridgehead atoms. The van der Waals surface area contributed by atoms with Crippen molar-refractivity contribution in [3.05, 3.63) is 22.9 Å². The molecule has 1 N–H and O–H groups in total. The van der Waals surface area contributed by atoms with Crippen LogP contribution in [0.4, 0.5) is 0 Å². The third-order valence-electron chi connectivity index (χ3n) is 4.31. The van der Waals surface area contributed by atoms with Crippen LogP contribution in [0.1, 0.15) is 55.3 Å². The maximum atomic E-state index is 12.3. The molecule has 126 valence electrons. The summed E-state index contributed by atoms with van der Waals surface area (Å²) in [4.78, 5) is 16.7. The van der Waals surface area contributed by atoms with Gasteiger partial charge < -0.3 is 5.32 Å². The maximum Gasteiger partial charge on any atom is 0.231 e. The lowest BCUT2D eigenvalue weighted by atomic mass is 9.92. The fourth-order valence-corrected chi connectivity index (χ4v) is 3.98. The molecular formula is C18H22N4OS. The molecule has 0 radical (unpaired) electrons. The number of carbonyl (C=O) groups is 1. The van der Waals surface area contributed by atoms with Crippen LogP contribution in [0.25, 0.3) is 0 Å². The van der Waals surface area contributed by atoms with E-state index in [1.54, 1.807) is 0 Å². The minimum absolute atomic E-state index is 0.161. The summed E-state index contributed by atoms with van der Waals surface area (Å²) < 4.78 is 0. The Bertz CT molecular complexity index is 694. The number of aryl methyl sites for hydroxylation is 2. The summed E-state index contributed by atoms with van der Waals surface area (Å²) in [6.07, 6.45) is 5.60. The van der Waals surface area contributed by atoms with Crippen LogP contribution in [-0.4, -0.2) is 22.2 Å². The lowest BCUT2D eigenvalue weighted by Crippen LogP contribution is -2.47. The SMILES string of the molecule is Cc1cc(C)c(C#N)c(SCC(=O)NC2(C#N)CCCCCC2)n1. The van der Waals surface area contributed by atoms with Crippen LogP contribution in [0.5, 0.6) is 0 Å². The molecule has 1 aromatic heterocycles. The predicted octanol–water partition coefficient (Wildman–Crippen LogP) is 3.40. The van der Waals surface area contributed by atoms with E-state index in [4.69, 9.17) is 0 Å². The summed E-state index contributed by atoms with van der Waals surface area (Å²) in [5, 5.41) is 22.3. The van der Waals surface area contributed by atoms with Gasteiger partial charge in [0.2, 0.25) is 5.91 Å². The van der Waals surface area contributed by atoms with Crippen molar-refractivity contribution in [2.24, 2.45) is 0 Å². The highest BCUT2D eigenvalue weighted by molar-refractivity contribution is 8.00. The Labute approximate surface area is 147 Å². The zero-order chi connectivity index (χ0) is 17.6. The second-order valence-corrected chi connectivity index (χ2v) is 7.28. The van der Waals surface area contributed by atoms with Crippen LogP contribution < -0.4 is 5.32 Å². The van der Waals surface area contributed by atoms with Gasteiger partial charge in [0.15, 0.2) is 0 Å². The smallest absolute Gasteiger partial charge is 0.231 e. The number of rotatable bonds is 4. The van der Waals surface area contributed by atoms with Gasteiger partial charge >= 0.3 is 0 Å². The van der Waals surface area contributed by atoms with Gasteiger partial charge in [-0.05, 0) is 38.3 Å². The van der Waals surface area contributed by atoms with Crippen LogP contribution in [0.2, 0.25) is 0 Å². The van der Waals surface area contributed by atoms with Gasteiger partial charge in [-0.3, -0.25) is 4.79 Å². The summed E-state index contributed by atoms with van der Waals surface area (Å²) in [5.74, 6) is -0.0122. The Morgan fingerprint density at radius 2 is 1.96 bits per heavy atom. The molecule has 0 atom stereocenters. The number of amides is 1. The van der Waals surface area contributed by atoms with Gasteiger partial charge in [0.25, 0.3) is 0 Å². The first-order chi connectivity index (χ1) is 11.5. The minimum atomic E-state index is -0.734. The number of hydrogen-bond acceptors (Lipinski definition) is 5. The highest BCUT2D eigenvalue weighted by Gasteiger charge is 2.32. The normalized spacial score (nSPS) is 16.5. The Balaban J connectivity index is 2.03. The van der Waals surface area contributed by atoms with Gasteiger partial charge in [-0.2, -0.15) is 10.5 Å². The number of hydrogen-bond donors (Lipinski definition) is 1. The highest BCUT2D eigenvalue weighted by atomic mass is 32.2. The van der Waals surface area contributed by atoms with Crippen molar-refractivity contribution in [1.82, 2.24) is 10.3 Å². The molecule has 0 unspecified atom stereocenters. The molecule has 1 heterocycles. The molecule has 5 nitrogen and oxygen atoms in total. The lowest BCUT2D eigenvalue weighted by Gasteiger charge is -2.26. The summed E-state index contributed by atoms with van der Waals surface area (Å²) in [5.41, 5.74) is 1.47. The zero-order valence-electron chi connectivity index (χ0n) is 14.2. The largest absolute Gasteiger partial charge is 0.337 e. The molecular weight excluding hydrogens is 320 g/mol. The molecule has 6 heteroatoms. The van der Waals surface area contributed by atoms with Crippen LogP contribution in [0, 0.1) is 36.5 Å². The van der Waals surface area contributed by atoms with Gasteiger partial charge in [0.05, 0.1) is 17.4 Å². The van der Waals surface area contributed by atoms with Gasteiger partial charge in [-0.15, -0.1) is 0 Å². The van der Waals surface area contributed by atoms with Gasteiger partial charge in [-0.1, -0.05) is 37.4 Å². The summed E-state index contributed by atoms with van der Waals surface area (Å²) >= 11 is 1.26. The Kier molecular flexibility index (Phi) is 6.23. The zero-order valence-corrected chi connectivity index (χ0v) is 15.0. The van der Waals surface area contributed by atoms with Crippen LogP contribution in [0.15, 0.2) is 11.1 Å². The first kappa shape index (κ1) is 18.3. The number of nitrogens with one attached hydrogen (secondary N) is 1. The molecule has 0 aromatic carbocycles. The summed E-state index contributed by atoms with van der Waals surface area (Å²) in [7, 11) is 0. The fourth-order valence-electron chi connectivity index (χ4n) is 3.08. The molecule has 2 rings (SSSR count). The number of nitrogens with zero attached hydrogens (tertiary/aromatic N) is 3. The van der Waals surface area contributed by atoms with Crippen molar-refractivity contribution in [2.75, 3.05) is 5.75 Å². The van der Waals surface area contributed by atoms with Crippen molar-refractivity contribution in [3.8, 4) is 12.1 Å². The molecule has 0 saturated heterocycles. The second kappa shape index (κ2) is 8.17. The number of carbonyl (C=O) groups excluding carboxylic acids is 1. The van der Waals surface area contributed by atoms with E-state index in [9.17, 15) is 15.3 Å². The molecule has 1 amide bonds. The Morgan fingerprint density at radius 1 is 1.29 bits per heavy atom. The molecule has 1 fully saturated rings. The quantitative estimate of drug-likeness (QED) is 0.669. The van der Waals surface area contributed by atoms with Crippen molar-refractivity contribution in [3.63, 3.8) is 0 Å². The van der Waals surface area contributed by atoms with Crippen molar-refractivity contribution in [2.45, 2.75) is 62.9 Å². The molecule has 1 saturated carbocycles. The van der Waals surface area contributed by atoms with Gasteiger partial charge in [0, 0.05) is 5.69 Å². The highest BCUT2D eigenvalue weighted by Crippen LogP contribution is 2.27. The van der Waals surface area contributed by atoms with E-state index in [1.165, 1.54) is 11.8 Å². The average Bonchev–Trinajstić information content (AvgIpc) is 2.78. The maximum absolute atomic E-state index is 12.3. The third kappa shape index (κ3) is 4.49. The summed E-state index contributed by atoms with van der Waals surface area (Å²) in [6.45, 7) is 3.74.